The predicted octanol–water partition coefficient (Wildman–Crippen LogP) is 0.362. The number of hydrogen-bond donors (Lipinski definition) is 1. The first-order chi connectivity index (χ1) is 7.49. The minimum Gasteiger partial charge on any atom is -0.481 e. The maximum Gasteiger partial charge on any atom is 0.303 e. The van der Waals surface area contributed by atoms with Gasteiger partial charge in [-0.25, -0.2) is 8.42 Å². The molecule has 0 unspecified atom stereocenters. The van der Waals surface area contributed by atoms with Gasteiger partial charge in [0.25, 0.3) is 0 Å². The van der Waals surface area contributed by atoms with Gasteiger partial charge in [-0.1, -0.05) is 0 Å². The van der Waals surface area contributed by atoms with Crippen molar-refractivity contribution in [3.63, 3.8) is 0 Å². The maximum atomic E-state index is 11.3. The largest absolute Gasteiger partial charge is 0.481 e. The van der Waals surface area contributed by atoms with Crippen LogP contribution >= 0.6 is 0 Å². The van der Waals surface area contributed by atoms with Gasteiger partial charge in [0.2, 0.25) is 0 Å². The van der Waals surface area contributed by atoms with Crippen LogP contribution in [0.2, 0.25) is 0 Å². The quantitative estimate of drug-likeness (QED) is 0.712. The molecule has 1 rings (SSSR count). The number of nitrogens with zero attached hydrogens (tertiary/aromatic N) is 1. The Balaban J connectivity index is 2.20. The molecular formula is C10H19NO4S. The van der Waals surface area contributed by atoms with Gasteiger partial charge in [0.1, 0.15) is 0 Å². The van der Waals surface area contributed by atoms with E-state index in [1.165, 1.54) is 0 Å². The molecule has 0 bridgehead atoms. The number of aliphatic carboxylic acids is 1. The molecule has 1 fully saturated rings. The minimum atomic E-state index is -2.83. The lowest BCUT2D eigenvalue weighted by atomic mass is 10.2. The lowest BCUT2D eigenvalue weighted by molar-refractivity contribution is -0.137. The number of rotatable bonds is 5. The summed E-state index contributed by atoms with van der Waals surface area (Å²) in [7, 11) is -2.83. The molecule has 0 spiro atoms. The molecule has 1 heterocycles. The van der Waals surface area contributed by atoms with Crippen molar-refractivity contribution in [2.24, 2.45) is 0 Å². The van der Waals surface area contributed by atoms with E-state index in [1.54, 1.807) is 0 Å². The third-order valence-corrected chi connectivity index (χ3v) is 4.48. The van der Waals surface area contributed by atoms with Gasteiger partial charge in [-0.3, -0.25) is 4.79 Å². The summed E-state index contributed by atoms with van der Waals surface area (Å²) in [5.74, 6) is -0.233. The molecule has 0 aromatic rings. The second-order valence-electron chi connectivity index (χ2n) is 4.20. The van der Waals surface area contributed by atoms with E-state index in [0.717, 1.165) is 19.5 Å². The van der Waals surface area contributed by atoms with Gasteiger partial charge in [-0.05, 0) is 32.4 Å². The number of carboxylic acids is 1. The maximum absolute atomic E-state index is 11.3. The summed E-state index contributed by atoms with van der Waals surface area (Å²) in [4.78, 5) is 12.4. The molecule has 16 heavy (non-hydrogen) atoms. The van der Waals surface area contributed by atoms with Gasteiger partial charge in [-0.2, -0.15) is 0 Å². The lowest BCUT2D eigenvalue weighted by Crippen LogP contribution is -2.28. The fourth-order valence-corrected chi connectivity index (χ4v) is 3.13. The molecule has 0 aromatic carbocycles. The summed E-state index contributed by atoms with van der Waals surface area (Å²) >= 11 is 0. The van der Waals surface area contributed by atoms with Crippen molar-refractivity contribution in [1.29, 1.82) is 0 Å². The van der Waals surface area contributed by atoms with Crippen LogP contribution in [0.15, 0.2) is 0 Å². The highest BCUT2D eigenvalue weighted by molar-refractivity contribution is 7.91. The van der Waals surface area contributed by atoms with Gasteiger partial charge in [-0.15, -0.1) is 0 Å². The Hall–Kier alpha value is -0.620. The van der Waals surface area contributed by atoms with Gasteiger partial charge < -0.3 is 10.0 Å². The van der Waals surface area contributed by atoms with E-state index < -0.39 is 15.8 Å². The number of unbranched alkanes of at least 4 members (excludes halogenated alkanes) is 1. The van der Waals surface area contributed by atoms with Gasteiger partial charge in [0.05, 0.1) is 11.5 Å². The van der Waals surface area contributed by atoms with E-state index in [-0.39, 0.29) is 12.2 Å². The van der Waals surface area contributed by atoms with Gasteiger partial charge in [0, 0.05) is 13.0 Å². The molecule has 0 saturated carbocycles. The van der Waals surface area contributed by atoms with E-state index in [1.807, 2.05) is 0 Å². The Bertz CT molecular complexity index is 326. The third-order valence-electron chi connectivity index (χ3n) is 2.76. The van der Waals surface area contributed by atoms with Crippen molar-refractivity contribution in [3.05, 3.63) is 0 Å². The van der Waals surface area contributed by atoms with E-state index in [9.17, 15) is 13.2 Å². The van der Waals surface area contributed by atoms with Crippen LogP contribution in [0.4, 0.5) is 0 Å². The molecule has 0 amide bonds. The van der Waals surface area contributed by atoms with Gasteiger partial charge in [0.15, 0.2) is 9.84 Å². The van der Waals surface area contributed by atoms with Crippen molar-refractivity contribution >= 4 is 15.8 Å². The second-order valence-corrected chi connectivity index (χ2v) is 6.50. The van der Waals surface area contributed by atoms with Crippen LogP contribution in [0, 0.1) is 0 Å². The predicted molar refractivity (Wildman–Crippen MR) is 61.2 cm³/mol. The molecule has 1 aliphatic rings. The van der Waals surface area contributed by atoms with Crippen LogP contribution in [0.3, 0.4) is 0 Å². The molecule has 1 N–H and O–H groups in total. The molecule has 0 atom stereocenters. The Labute approximate surface area is 96.4 Å². The molecule has 1 aliphatic heterocycles. The Kier molecular flexibility index (Phi) is 5.21. The molecule has 5 nitrogen and oxygen atoms in total. The van der Waals surface area contributed by atoms with Crippen molar-refractivity contribution in [1.82, 2.24) is 4.90 Å². The molecule has 0 aliphatic carbocycles. The summed E-state index contributed by atoms with van der Waals surface area (Å²) in [5, 5.41) is 8.47. The fourth-order valence-electron chi connectivity index (χ4n) is 1.83. The average Bonchev–Trinajstić information content (AvgIpc) is 2.34. The van der Waals surface area contributed by atoms with Crippen LogP contribution in [0.1, 0.15) is 25.7 Å². The Morgan fingerprint density at radius 3 is 2.62 bits per heavy atom. The molecule has 0 aromatic heterocycles. The first kappa shape index (κ1) is 13.4. The summed E-state index contributed by atoms with van der Waals surface area (Å²) in [6.07, 6.45) is 2.39. The standard InChI is InChI=1S/C10H19NO4S/c12-10(13)4-1-2-5-11-6-3-8-16(14,15)9-7-11/h1-9H2,(H,12,13). The van der Waals surface area contributed by atoms with Crippen LogP contribution < -0.4 is 0 Å². The zero-order chi connectivity index (χ0) is 12.0. The smallest absolute Gasteiger partial charge is 0.303 e. The van der Waals surface area contributed by atoms with E-state index in [2.05, 4.69) is 4.90 Å². The summed E-state index contributed by atoms with van der Waals surface area (Å²) in [5.41, 5.74) is 0. The van der Waals surface area contributed by atoms with Crippen LogP contribution in [0.5, 0.6) is 0 Å². The molecular weight excluding hydrogens is 230 g/mol. The van der Waals surface area contributed by atoms with E-state index in [0.29, 0.717) is 25.1 Å². The molecule has 94 valence electrons. The normalized spacial score (nSPS) is 21.5. The Morgan fingerprint density at radius 1 is 1.19 bits per heavy atom. The lowest BCUT2D eigenvalue weighted by Gasteiger charge is -2.18. The highest BCUT2D eigenvalue weighted by atomic mass is 32.2. The Morgan fingerprint density at radius 2 is 1.94 bits per heavy atom. The van der Waals surface area contributed by atoms with Crippen molar-refractivity contribution in [3.8, 4) is 0 Å². The third kappa shape index (κ3) is 5.46. The van der Waals surface area contributed by atoms with E-state index in [4.69, 9.17) is 5.11 Å². The molecule has 1 saturated heterocycles. The summed E-state index contributed by atoms with van der Waals surface area (Å²) in [6, 6.07) is 0. The van der Waals surface area contributed by atoms with Crippen LogP contribution in [0.25, 0.3) is 0 Å². The molecule has 0 radical (unpaired) electrons. The first-order valence-electron chi connectivity index (χ1n) is 5.64. The van der Waals surface area contributed by atoms with Gasteiger partial charge >= 0.3 is 5.97 Å². The minimum absolute atomic E-state index is 0.201. The molecule has 6 heteroatoms. The van der Waals surface area contributed by atoms with E-state index >= 15 is 0 Å². The monoisotopic (exact) mass is 249 g/mol. The second kappa shape index (κ2) is 6.20. The highest BCUT2D eigenvalue weighted by Gasteiger charge is 2.18. The van der Waals surface area contributed by atoms with Crippen molar-refractivity contribution in [2.75, 3.05) is 31.1 Å². The average molecular weight is 249 g/mol. The van der Waals surface area contributed by atoms with Crippen molar-refractivity contribution in [2.45, 2.75) is 25.7 Å². The summed E-state index contributed by atoms with van der Waals surface area (Å²) < 4.78 is 22.7. The topological polar surface area (TPSA) is 74.7 Å². The number of hydrogen-bond acceptors (Lipinski definition) is 4. The summed E-state index contributed by atoms with van der Waals surface area (Å²) in [6.45, 7) is 2.21. The zero-order valence-corrected chi connectivity index (χ0v) is 10.2. The van der Waals surface area contributed by atoms with Crippen molar-refractivity contribution < 1.29 is 18.3 Å². The van der Waals surface area contributed by atoms with Crippen LogP contribution in [-0.2, 0) is 14.6 Å². The zero-order valence-electron chi connectivity index (χ0n) is 9.39. The first-order valence-corrected chi connectivity index (χ1v) is 7.46. The highest BCUT2D eigenvalue weighted by Crippen LogP contribution is 2.06. The number of carboxylic acid groups (broad SMARTS) is 1. The number of carbonyl (C=O) groups is 1. The van der Waals surface area contributed by atoms with Crippen LogP contribution in [-0.4, -0.2) is 55.5 Å². The number of sulfone groups is 1. The fraction of sp³-hybridized carbons (Fsp3) is 0.900. The SMILES string of the molecule is O=C(O)CCCCN1CCCS(=O)(=O)CC1.